The minimum atomic E-state index is -4.21. The summed E-state index contributed by atoms with van der Waals surface area (Å²) in [6, 6.07) is 15.4. The summed E-state index contributed by atoms with van der Waals surface area (Å²) in [7, 11) is -4.21. The number of carbonyl (C=O) groups is 2. The Kier molecular flexibility index (Phi) is 11.0. The lowest BCUT2D eigenvalue weighted by Gasteiger charge is -2.34. The summed E-state index contributed by atoms with van der Waals surface area (Å²) >= 11 is 18.9. The Hall–Kier alpha value is -2.78. The molecule has 0 radical (unpaired) electrons. The monoisotopic (exact) mass is 663 g/mol. The molecule has 1 saturated carbocycles. The van der Waals surface area contributed by atoms with E-state index in [4.69, 9.17) is 34.8 Å². The number of rotatable bonds is 11. The molecule has 4 rings (SSSR count). The Morgan fingerprint density at radius 3 is 2.19 bits per heavy atom. The third kappa shape index (κ3) is 8.04. The average molecular weight is 665 g/mol. The number of halogens is 3. The molecule has 0 aliphatic heterocycles. The molecule has 2 amide bonds. The second-order valence-corrected chi connectivity index (χ2v) is 14.1. The highest BCUT2D eigenvalue weighted by Crippen LogP contribution is 2.31. The van der Waals surface area contributed by atoms with Crippen molar-refractivity contribution in [3.63, 3.8) is 0 Å². The number of hydrogen-bond donors (Lipinski definition) is 1. The Balaban J connectivity index is 1.76. The fourth-order valence-electron chi connectivity index (χ4n) is 5.32. The molecule has 1 fully saturated rings. The fourth-order valence-corrected chi connectivity index (χ4v) is 7.43. The lowest BCUT2D eigenvalue weighted by atomic mass is 10.1. The third-order valence-corrected chi connectivity index (χ3v) is 10.4. The molecule has 1 aliphatic rings. The Morgan fingerprint density at radius 2 is 1.56 bits per heavy atom. The van der Waals surface area contributed by atoms with Crippen molar-refractivity contribution in [3.05, 3.63) is 92.4 Å². The molecule has 0 aromatic heterocycles. The summed E-state index contributed by atoms with van der Waals surface area (Å²) in [5.41, 5.74) is 2.37. The van der Waals surface area contributed by atoms with Crippen LogP contribution in [0.5, 0.6) is 0 Å². The van der Waals surface area contributed by atoms with Crippen molar-refractivity contribution in [2.24, 2.45) is 0 Å². The van der Waals surface area contributed by atoms with Gasteiger partial charge in [0.2, 0.25) is 11.8 Å². The van der Waals surface area contributed by atoms with Crippen molar-refractivity contribution in [1.29, 1.82) is 0 Å². The quantitative estimate of drug-likeness (QED) is 0.233. The first-order valence-electron chi connectivity index (χ1n) is 14.3. The van der Waals surface area contributed by atoms with Crippen LogP contribution >= 0.6 is 34.8 Å². The SMILES string of the molecule is CCC(C(=O)NC1CCCC1)N(Cc1ccc(Cl)cc1Cl)C(=O)CN(c1cc(Cl)ccc1C)S(=O)(=O)c1ccc(C)cc1. The maximum absolute atomic E-state index is 14.3. The predicted octanol–water partition coefficient (Wildman–Crippen LogP) is 7.33. The van der Waals surface area contributed by atoms with E-state index in [1.54, 1.807) is 49.4 Å². The molecule has 7 nitrogen and oxygen atoms in total. The second kappa shape index (κ2) is 14.3. The average Bonchev–Trinajstić information content (AvgIpc) is 3.47. The van der Waals surface area contributed by atoms with Crippen molar-refractivity contribution in [3.8, 4) is 0 Å². The zero-order chi connectivity index (χ0) is 31.3. The summed E-state index contributed by atoms with van der Waals surface area (Å²) in [5, 5.41) is 4.20. The lowest BCUT2D eigenvalue weighted by Crippen LogP contribution is -2.53. The summed E-state index contributed by atoms with van der Waals surface area (Å²) in [6.45, 7) is 4.86. The number of nitrogens with one attached hydrogen (secondary N) is 1. The molecule has 0 spiro atoms. The molecule has 0 saturated heterocycles. The van der Waals surface area contributed by atoms with Gasteiger partial charge in [-0.15, -0.1) is 0 Å². The van der Waals surface area contributed by atoms with Crippen molar-refractivity contribution < 1.29 is 18.0 Å². The normalized spacial score (nSPS) is 14.4. The molecule has 3 aromatic carbocycles. The van der Waals surface area contributed by atoms with E-state index in [0.29, 0.717) is 32.6 Å². The van der Waals surface area contributed by atoms with E-state index in [1.165, 1.54) is 23.1 Å². The summed E-state index contributed by atoms with van der Waals surface area (Å²) < 4.78 is 29.3. The number of anilines is 1. The van der Waals surface area contributed by atoms with Crippen LogP contribution in [0.25, 0.3) is 0 Å². The molecule has 0 heterocycles. The van der Waals surface area contributed by atoms with Crippen LogP contribution in [0.1, 0.15) is 55.7 Å². The highest BCUT2D eigenvalue weighted by atomic mass is 35.5. The molecular weight excluding hydrogens is 629 g/mol. The first kappa shape index (κ1) is 33.1. The van der Waals surface area contributed by atoms with Crippen molar-refractivity contribution in [2.75, 3.05) is 10.8 Å². The van der Waals surface area contributed by atoms with E-state index < -0.39 is 28.5 Å². The molecule has 1 N–H and O–H groups in total. The molecule has 0 bridgehead atoms. The van der Waals surface area contributed by atoms with Gasteiger partial charge in [0.1, 0.15) is 12.6 Å². The minimum Gasteiger partial charge on any atom is -0.352 e. The van der Waals surface area contributed by atoms with E-state index in [9.17, 15) is 18.0 Å². The zero-order valence-corrected chi connectivity index (χ0v) is 27.5. The molecular formula is C32H36Cl3N3O4S. The van der Waals surface area contributed by atoms with Gasteiger partial charge in [0, 0.05) is 27.7 Å². The van der Waals surface area contributed by atoms with E-state index >= 15 is 0 Å². The number of carbonyl (C=O) groups excluding carboxylic acids is 2. The van der Waals surface area contributed by atoms with Gasteiger partial charge in [-0.05, 0) is 80.6 Å². The smallest absolute Gasteiger partial charge is 0.264 e. The summed E-state index contributed by atoms with van der Waals surface area (Å²) in [5.74, 6) is -0.839. The molecule has 3 aromatic rings. The van der Waals surface area contributed by atoms with Gasteiger partial charge < -0.3 is 10.2 Å². The van der Waals surface area contributed by atoms with E-state index in [1.807, 2.05) is 13.8 Å². The van der Waals surface area contributed by atoms with Gasteiger partial charge in [-0.3, -0.25) is 13.9 Å². The van der Waals surface area contributed by atoms with Crippen LogP contribution in [-0.4, -0.2) is 43.8 Å². The van der Waals surface area contributed by atoms with Gasteiger partial charge >= 0.3 is 0 Å². The van der Waals surface area contributed by atoms with Crippen LogP contribution in [0.15, 0.2) is 65.6 Å². The number of nitrogens with zero attached hydrogens (tertiary/aromatic N) is 2. The Labute approximate surface area is 269 Å². The predicted molar refractivity (Wildman–Crippen MR) is 173 cm³/mol. The van der Waals surface area contributed by atoms with Gasteiger partial charge in [0.05, 0.1) is 10.6 Å². The number of sulfonamides is 1. The van der Waals surface area contributed by atoms with E-state index in [0.717, 1.165) is 35.6 Å². The number of amides is 2. The number of benzene rings is 3. The lowest BCUT2D eigenvalue weighted by molar-refractivity contribution is -0.140. The molecule has 1 aliphatic carbocycles. The first-order chi connectivity index (χ1) is 20.4. The molecule has 43 heavy (non-hydrogen) atoms. The van der Waals surface area contributed by atoms with Gasteiger partial charge in [0.15, 0.2) is 0 Å². The Morgan fingerprint density at radius 1 is 0.930 bits per heavy atom. The minimum absolute atomic E-state index is 0.0155. The van der Waals surface area contributed by atoms with Crippen LogP contribution in [0, 0.1) is 13.8 Å². The van der Waals surface area contributed by atoms with Gasteiger partial charge in [-0.1, -0.05) is 84.4 Å². The topological polar surface area (TPSA) is 86.8 Å². The number of hydrogen-bond acceptors (Lipinski definition) is 4. The molecule has 11 heteroatoms. The standard InChI is InChI=1S/C32H36Cl3N3O4S/c1-4-29(32(40)36-26-7-5-6-8-26)37(19-23-12-14-24(33)17-28(23)35)31(39)20-38(30-18-25(34)13-11-22(30)3)43(41,42)27-15-9-21(2)10-16-27/h9-18,26,29H,4-8,19-20H2,1-3H3,(H,36,40). The highest BCUT2D eigenvalue weighted by molar-refractivity contribution is 7.92. The maximum atomic E-state index is 14.3. The highest BCUT2D eigenvalue weighted by Gasteiger charge is 2.35. The summed E-state index contributed by atoms with van der Waals surface area (Å²) in [6.07, 6.45) is 4.16. The first-order valence-corrected chi connectivity index (χ1v) is 16.9. The van der Waals surface area contributed by atoms with Crippen LogP contribution in [-0.2, 0) is 26.2 Å². The number of aryl methyl sites for hydroxylation is 2. The van der Waals surface area contributed by atoms with Gasteiger partial charge in [0.25, 0.3) is 10.0 Å². The maximum Gasteiger partial charge on any atom is 0.264 e. The van der Waals surface area contributed by atoms with Crippen LogP contribution < -0.4 is 9.62 Å². The largest absolute Gasteiger partial charge is 0.352 e. The molecule has 1 atom stereocenters. The Bertz CT molecular complexity index is 1580. The van der Waals surface area contributed by atoms with Gasteiger partial charge in [-0.25, -0.2) is 8.42 Å². The van der Waals surface area contributed by atoms with Crippen molar-refractivity contribution in [2.45, 2.75) is 76.4 Å². The third-order valence-electron chi connectivity index (χ3n) is 7.77. The van der Waals surface area contributed by atoms with E-state index in [2.05, 4.69) is 5.32 Å². The fraction of sp³-hybridized carbons (Fsp3) is 0.375. The van der Waals surface area contributed by atoms with Crippen molar-refractivity contribution >= 4 is 62.3 Å². The molecule has 230 valence electrons. The van der Waals surface area contributed by atoms with Crippen LogP contribution in [0.4, 0.5) is 5.69 Å². The van der Waals surface area contributed by atoms with E-state index in [-0.39, 0.29) is 29.1 Å². The van der Waals surface area contributed by atoms with Crippen LogP contribution in [0.2, 0.25) is 15.1 Å². The van der Waals surface area contributed by atoms with Crippen LogP contribution in [0.3, 0.4) is 0 Å². The van der Waals surface area contributed by atoms with Crippen molar-refractivity contribution in [1.82, 2.24) is 10.2 Å². The zero-order valence-electron chi connectivity index (χ0n) is 24.4. The van der Waals surface area contributed by atoms with Gasteiger partial charge in [-0.2, -0.15) is 0 Å². The second-order valence-electron chi connectivity index (χ2n) is 10.9. The summed E-state index contributed by atoms with van der Waals surface area (Å²) in [4.78, 5) is 29.4. The molecule has 1 unspecified atom stereocenters.